The molecular weight excluding hydrogens is 204 g/mol. The molecule has 76 valence electrons. The van der Waals surface area contributed by atoms with Crippen LogP contribution in [0.15, 0.2) is 11.6 Å². The Morgan fingerprint density at radius 3 is 2.86 bits per heavy atom. The van der Waals surface area contributed by atoms with Crippen LogP contribution < -0.4 is 5.32 Å². The number of amides is 1. The van der Waals surface area contributed by atoms with E-state index in [0.29, 0.717) is 11.6 Å². The highest BCUT2D eigenvalue weighted by Crippen LogP contribution is 2.10. The number of nitrogens with zero attached hydrogens (tertiary/aromatic N) is 1. The molecule has 1 amide bonds. The lowest BCUT2D eigenvalue weighted by molar-refractivity contribution is -0.137. The number of carbonyl (C=O) groups is 2. The largest absolute Gasteiger partial charge is 0.481 e. The van der Waals surface area contributed by atoms with Crippen LogP contribution in [-0.4, -0.2) is 22.0 Å². The Kier molecular flexibility index (Phi) is 4.06. The first-order chi connectivity index (χ1) is 6.68. The fourth-order valence-electron chi connectivity index (χ4n) is 0.867. The molecule has 0 radical (unpaired) electrons. The van der Waals surface area contributed by atoms with Gasteiger partial charge in [-0.2, -0.15) is 0 Å². The summed E-state index contributed by atoms with van der Waals surface area (Å²) < 4.78 is 0. The number of hydrogen-bond acceptors (Lipinski definition) is 4. The number of aliphatic carboxylic acids is 1. The summed E-state index contributed by atoms with van der Waals surface area (Å²) in [5.74, 6) is -1.08. The van der Waals surface area contributed by atoms with Crippen LogP contribution in [0.4, 0.5) is 5.13 Å². The van der Waals surface area contributed by atoms with Crippen molar-refractivity contribution >= 4 is 28.3 Å². The predicted molar refractivity (Wildman–Crippen MR) is 52.2 cm³/mol. The van der Waals surface area contributed by atoms with Crippen LogP contribution in [0.2, 0.25) is 0 Å². The summed E-state index contributed by atoms with van der Waals surface area (Å²) in [6.07, 6.45) is 2.18. The number of carbonyl (C=O) groups excluding carboxylic acids is 1. The van der Waals surface area contributed by atoms with Gasteiger partial charge in [-0.05, 0) is 6.42 Å². The highest BCUT2D eigenvalue weighted by Gasteiger charge is 2.05. The Labute approximate surface area is 84.8 Å². The van der Waals surface area contributed by atoms with Crippen molar-refractivity contribution in [2.24, 2.45) is 0 Å². The van der Waals surface area contributed by atoms with Gasteiger partial charge in [-0.3, -0.25) is 9.59 Å². The molecular formula is C8H10N2O3S. The molecule has 2 N–H and O–H groups in total. The quantitative estimate of drug-likeness (QED) is 0.775. The van der Waals surface area contributed by atoms with Gasteiger partial charge in [0.05, 0.1) is 0 Å². The normalized spacial score (nSPS) is 9.71. The SMILES string of the molecule is O=C(O)CCCC(=O)Nc1nccs1. The zero-order chi connectivity index (χ0) is 10.4. The highest BCUT2D eigenvalue weighted by atomic mass is 32.1. The summed E-state index contributed by atoms with van der Waals surface area (Å²) in [7, 11) is 0. The number of carboxylic acids is 1. The molecule has 1 aromatic rings. The molecule has 0 aliphatic heterocycles. The number of rotatable bonds is 5. The first-order valence-corrected chi connectivity index (χ1v) is 4.97. The lowest BCUT2D eigenvalue weighted by Gasteiger charge is -1.99. The minimum atomic E-state index is -0.882. The van der Waals surface area contributed by atoms with Gasteiger partial charge in [-0.25, -0.2) is 4.98 Å². The minimum Gasteiger partial charge on any atom is -0.481 e. The van der Waals surface area contributed by atoms with Crippen LogP contribution in [0.1, 0.15) is 19.3 Å². The van der Waals surface area contributed by atoms with Crippen molar-refractivity contribution in [1.82, 2.24) is 4.98 Å². The Balaban J connectivity index is 2.20. The van der Waals surface area contributed by atoms with Crippen LogP contribution in [0, 0.1) is 0 Å². The average Bonchev–Trinajstić information content (AvgIpc) is 2.56. The summed E-state index contributed by atoms with van der Waals surface area (Å²) in [4.78, 5) is 25.2. The van der Waals surface area contributed by atoms with Crippen molar-refractivity contribution in [3.8, 4) is 0 Å². The van der Waals surface area contributed by atoms with Crippen molar-refractivity contribution in [3.63, 3.8) is 0 Å². The van der Waals surface area contributed by atoms with E-state index in [0.717, 1.165) is 0 Å². The van der Waals surface area contributed by atoms with Gasteiger partial charge in [0.2, 0.25) is 5.91 Å². The van der Waals surface area contributed by atoms with Gasteiger partial charge < -0.3 is 10.4 Å². The summed E-state index contributed by atoms with van der Waals surface area (Å²) in [5, 5.41) is 13.2. The molecule has 0 unspecified atom stereocenters. The number of carboxylic acid groups (broad SMARTS) is 1. The van der Waals surface area contributed by atoms with E-state index in [1.54, 1.807) is 11.6 Å². The Morgan fingerprint density at radius 2 is 2.29 bits per heavy atom. The molecule has 1 heterocycles. The zero-order valence-electron chi connectivity index (χ0n) is 7.40. The molecule has 0 aromatic carbocycles. The summed E-state index contributed by atoms with van der Waals surface area (Å²) in [5.41, 5.74) is 0. The van der Waals surface area contributed by atoms with E-state index < -0.39 is 5.97 Å². The number of anilines is 1. The van der Waals surface area contributed by atoms with Crippen LogP contribution in [0.3, 0.4) is 0 Å². The molecule has 0 bridgehead atoms. The maximum atomic E-state index is 11.2. The number of thiazole rings is 1. The van der Waals surface area contributed by atoms with Gasteiger partial charge in [-0.1, -0.05) is 0 Å². The monoisotopic (exact) mass is 214 g/mol. The van der Waals surface area contributed by atoms with Gasteiger partial charge in [0.15, 0.2) is 5.13 Å². The number of aromatic nitrogens is 1. The van der Waals surface area contributed by atoms with Gasteiger partial charge in [0.1, 0.15) is 0 Å². The Hall–Kier alpha value is -1.43. The zero-order valence-corrected chi connectivity index (χ0v) is 8.21. The van der Waals surface area contributed by atoms with Gasteiger partial charge in [0, 0.05) is 24.4 Å². The van der Waals surface area contributed by atoms with Gasteiger partial charge in [0.25, 0.3) is 0 Å². The summed E-state index contributed by atoms with van der Waals surface area (Å²) in [6.45, 7) is 0. The first-order valence-electron chi connectivity index (χ1n) is 4.09. The lowest BCUT2D eigenvalue weighted by Crippen LogP contribution is -2.11. The molecule has 1 rings (SSSR count). The van der Waals surface area contributed by atoms with Crippen molar-refractivity contribution in [1.29, 1.82) is 0 Å². The van der Waals surface area contributed by atoms with E-state index in [4.69, 9.17) is 5.11 Å². The third kappa shape index (κ3) is 3.99. The number of hydrogen-bond donors (Lipinski definition) is 2. The number of nitrogens with one attached hydrogen (secondary N) is 1. The van der Waals surface area contributed by atoms with E-state index in [-0.39, 0.29) is 18.7 Å². The second-order valence-electron chi connectivity index (χ2n) is 2.63. The van der Waals surface area contributed by atoms with Crippen LogP contribution >= 0.6 is 11.3 Å². The molecule has 1 aromatic heterocycles. The molecule has 0 aliphatic rings. The molecule has 0 fully saturated rings. The Morgan fingerprint density at radius 1 is 1.50 bits per heavy atom. The third-order valence-corrected chi connectivity index (χ3v) is 2.16. The smallest absolute Gasteiger partial charge is 0.303 e. The fourth-order valence-corrected chi connectivity index (χ4v) is 1.41. The third-order valence-electron chi connectivity index (χ3n) is 1.47. The molecule has 0 aliphatic carbocycles. The second-order valence-corrected chi connectivity index (χ2v) is 3.53. The minimum absolute atomic E-state index is 0.0191. The standard InChI is InChI=1S/C8H10N2O3S/c11-6(2-1-3-7(12)13)10-8-9-4-5-14-8/h4-5H,1-3H2,(H,12,13)(H,9,10,11). The molecule has 14 heavy (non-hydrogen) atoms. The Bertz CT molecular complexity index is 310. The van der Waals surface area contributed by atoms with Crippen molar-refractivity contribution < 1.29 is 14.7 Å². The van der Waals surface area contributed by atoms with Crippen molar-refractivity contribution in [3.05, 3.63) is 11.6 Å². The van der Waals surface area contributed by atoms with E-state index in [1.807, 2.05) is 0 Å². The highest BCUT2D eigenvalue weighted by molar-refractivity contribution is 7.13. The molecule has 0 saturated carbocycles. The van der Waals surface area contributed by atoms with Crippen molar-refractivity contribution in [2.45, 2.75) is 19.3 Å². The molecule has 0 saturated heterocycles. The fraction of sp³-hybridized carbons (Fsp3) is 0.375. The predicted octanol–water partition coefficient (Wildman–Crippen LogP) is 1.34. The van der Waals surface area contributed by atoms with Gasteiger partial charge in [-0.15, -0.1) is 11.3 Å². The summed E-state index contributed by atoms with van der Waals surface area (Å²) in [6, 6.07) is 0. The summed E-state index contributed by atoms with van der Waals surface area (Å²) >= 11 is 1.33. The molecule has 0 atom stereocenters. The van der Waals surface area contributed by atoms with E-state index in [2.05, 4.69) is 10.3 Å². The second kappa shape index (κ2) is 5.33. The molecule has 0 spiro atoms. The first kappa shape index (κ1) is 10.6. The van der Waals surface area contributed by atoms with Crippen LogP contribution in [-0.2, 0) is 9.59 Å². The maximum Gasteiger partial charge on any atom is 0.303 e. The van der Waals surface area contributed by atoms with Gasteiger partial charge >= 0.3 is 5.97 Å². The van der Waals surface area contributed by atoms with E-state index in [9.17, 15) is 9.59 Å². The molecule has 6 heteroatoms. The van der Waals surface area contributed by atoms with Crippen LogP contribution in [0.5, 0.6) is 0 Å². The van der Waals surface area contributed by atoms with Crippen molar-refractivity contribution in [2.75, 3.05) is 5.32 Å². The average molecular weight is 214 g/mol. The molecule has 5 nitrogen and oxygen atoms in total. The lowest BCUT2D eigenvalue weighted by atomic mass is 10.2. The maximum absolute atomic E-state index is 11.2. The topological polar surface area (TPSA) is 79.3 Å². The van der Waals surface area contributed by atoms with Crippen LogP contribution in [0.25, 0.3) is 0 Å². The van der Waals surface area contributed by atoms with E-state index in [1.165, 1.54) is 11.3 Å². The van der Waals surface area contributed by atoms with E-state index >= 15 is 0 Å².